The van der Waals surface area contributed by atoms with Gasteiger partial charge in [0.15, 0.2) is 5.78 Å². The van der Waals surface area contributed by atoms with Gasteiger partial charge >= 0.3 is 0 Å². The van der Waals surface area contributed by atoms with Crippen LogP contribution in [0, 0.1) is 12.3 Å². The molecule has 0 aromatic heterocycles. The van der Waals surface area contributed by atoms with E-state index >= 15 is 0 Å². The molecule has 0 fully saturated rings. The molecule has 0 heterocycles. The molecule has 0 saturated carbocycles. The van der Waals surface area contributed by atoms with E-state index in [1.165, 1.54) is 18.2 Å². The number of allylic oxidation sites excluding steroid dienone is 3. The molecule has 2 rings (SSSR count). The van der Waals surface area contributed by atoms with Crippen molar-refractivity contribution in [3.05, 3.63) is 83.6 Å². The highest BCUT2D eigenvalue weighted by Gasteiger charge is 2.28. The van der Waals surface area contributed by atoms with Crippen molar-refractivity contribution in [2.45, 2.75) is 32.6 Å². The molecule has 2 aromatic carbocycles. The first-order valence-corrected chi connectivity index (χ1v) is 10.2. The van der Waals surface area contributed by atoms with E-state index in [-0.39, 0.29) is 16.4 Å². The predicted octanol–water partition coefficient (Wildman–Crippen LogP) is 4.49. The number of hydrogen-bond acceptors (Lipinski definition) is 3. The molecule has 27 heavy (non-hydrogen) atoms. The largest absolute Gasteiger partial charge is 0.292 e. The standard InChI is InChI=1S/C22H25NO3S/c1-17-13-15-19(16-14-17)27(25,26)23-20(21(24)22(2,3)4)12-8-11-18-9-6-5-7-10-18/h5-16,23H,1-4H3/b11-8+,20-12+. The summed E-state index contributed by atoms with van der Waals surface area (Å²) in [6.45, 7) is 7.14. The number of carbonyl (C=O) groups excluding carboxylic acids is 1. The van der Waals surface area contributed by atoms with E-state index in [0.29, 0.717) is 0 Å². The Labute approximate surface area is 161 Å². The molecule has 5 heteroatoms. The Bertz CT molecular complexity index is 949. The Hall–Kier alpha value is -2.66. The maximum absolute atomic E-state index is 12.7. The van der Waals surface area contributed by atoms with Crippen LogP contribution in [0.2, 0.25) is 0 Å². The molecular weight excluding hydrogens is 358 g/mol. The zero-order valence-corrected chi connectivity index (χ0v) is 16.9. The van der Waals surface area contributed by atoms with Crippen molar-refractivity contribution in [3.63, 3.8) is 0 Å². The van der Waals surface area contributed by atoms with E-state index in [9.17, 15) is 13.2 Å². The van der Waals surface area contributed by atoms with E-state index in [4.69, 9.17) is 0 Å². The maximum Gasteiger partial charge on any atom is 0.262 e. The molecule has 0 saturated heterocycles. The summed E-state index contributed by atoms with van der Waals surface area (Å²) in [5.41, 5.74) is 1.23. The van der Waals surface area contributed by atoms with E-state index in [1.54, 1.807) is 39.0 Å². The Morgan fingerprint density at radius 2 is 1.56 bits per heavy atom. The molecule has 2 aromatic rings. The quantitative estimate of drug-likeness (QED) is 0.591. The average molecular weight is 384 g/mol. The van der Waals surface area contributed by atoms with Gasteiger partial charge in [-0.3, -0.25) is 9.52 Å². The van der Waals surface area contributed by atoms with Crippen LogP contribution in [0.25, 0.3) is 6.08 Å². The topological polar surface area (TPSA) is 63.2 Å². The van der Waals surface area contributed by atoms with Gasteiger partial charge in [0.25, 0.3) is 10.0 Å². The molecular formula is C22H25NO3S. The fourth-order valence-electron chi connectivity index (χ4n) is 2.30. The first-order chi connectivity index (χ1) is 12.6. The van der Waals surface area contributed by atoms with Crippen LogP contribution in [0.5, 0.6) is 0 Å². The normalized spacial score (nSPS) is 13.0. The molecule has 0 aliphatic heterocycles. The highest BCUT2D eigenvalue weighted by atomic mass is 32.2. The third kappa shape index (κ3) is 5.93. The van der Waals surface area contributed by atoms with Crippen LogP contribution in [0.4, 0.5) is 0 Å². The Morgan fingerprint density at radius 1 is 0.963 bits per heavy atom. The number of carbonyl (C=O) groups is 1. The third-order valence-electron chi connectivity index (χ3n) is 3.85. The van der Waals surface area contributed by atoms with E-state index in [2.05, 4.69) is 4.72 Å². The highest BCUT2D eigenvalue weighted by molar-refractivity contribution is 7.89. The zero-order valence-electron chi connectivity index (χ0n) is 16.1. The minimum absolute atomic E-state index is 0.0373. The van der Waals surface area contributed by atoms with Gasteiger partial charge in [-0.2, -0.15) is 0 Å². The number of nitrogens with one attached hydrogen (secondary N) is 1. The van der Waals surface area contributed by atoms with Crippen LogP contribution >= 0.6 is 0 Å². The number of sulfonamides is 1. The van der Waals surface area contributed by atoms with Gasteiger partial charge in [0.1, 0.15) is 0 Å². The molecule has 0 unspecified atom stereocenters. The van der Waals surface area contributed by atoms with E-state index < -0.39 is 15.4 Å². The minimum Gasteiger partial charge on any atom is -0.292 e. The summed E-state index contributed by atoms with van der Waals surface area (Å²) in [4.78, 5) is 12.9. The van der Waals surface area contributed by atoms with Crippen LogP contribution < -0.4 is 4.72 Å². The Morgan fingerprint density at radius 3 is 2.11 bits per heavy atom. The molecule has 0 amide bonds. The molecule has 0 aliphatic rings. The number of hydrogen-bond donors (Lipinski definition) is 1. The summed E-state index contributed by atoms with van der Waals surface area (Å²) in [6, 6.07) is 16.1. The molecule has 142 valence electrons. The first-order valence-electron chi connectivity index (χ1n) is 8.67. The molecule has 0 aliphatic carbocycles. The van der Waals surface area contributed by atoms with Gasteiger partial charge in [0.05, 0.1) is 10.6 Å². The van der Waals surface area contributed by atoms with Gasteiger partial charge in [0, 0.05) is 5.41 Å². The van der Waals surface area contributed by atoms with Crippen LogP contribution in [0.3, 0.4) is 0 Å². The van der Waals surface area contributed by atoms with Crippen LogP contribution in [-0.2, 0) is 14.8 Å². The molecule has 0 spiro atoms. The lowest BCUT2D eigenvalue weighted by Gasteiger charge is -2.20. The molecule has 0 atom stereocenters. The molecule has 0 bridgehead atoms. The van der Waals surface area contributed by atoms with Crippen molar-refractivity contribution in [3.8, 4) is 0 Å². The summed E-state index contributed by atoms with van der Waals surface area (Å²) in [5, 5.41) is 0. The monoisotopic (exact) mass is 383 g/mol. The fourth-order valence-corrected chi connectivity index (χ4v) is 3.36. The lowest BCUT2D eigenvalue weighted by Crippen LogP contribution is -2.33. The fraction of sp³-hybridized carbons (Fsp3) is 0.227. The second kappa shape index (κ2) is 8.35. The number of Topliss-reactive ketones (excluding diaryl/α,β-unsaturated/α-hetero) is 1. The van der Waals surface area contributed by atoms with Crippen molar-refractivity contribution in [1.82, 2.24) is 4.72 Å². The van der Waals surface area contributed by atoms with Crippen LogP contribution in [-0.4, -0.2) is 14.2 Å². The second-order valence-electron chi connectivity index (χ2n) is 7.35. The smallest absolute Gasteiger partial charge is 0.262 e. The predicted molar refractivity (Wildman–Crippen MR) is 110 cm³/mol. The van der Waals surface area contributed by atoms with E-state index in [0.717, 1.165) is 11.1 Å². The van der Waals surface area contributed by atoms with Gasteiger partial charge < -0.3 is 0 Å². The Kier molecular flexibility index (Phi) is 6.39. The van der Waals surface area contributed by atoms with Crippen LogP contribution in [0.1, 0.15) is 31.9 Å². The SMILES string of the molecule is Cc1ccc(S(=O)(=O)N/C(=C/C=C/c2ccccc2)C(=O)C(C)(C)C)cc1. The summed E-state index contributed by atoms with van der Waals surface area (Å²) in [7, 11) is -3.85. The molecule has 1 N–H and O–H groups in total. The zero-order chi connectivity index (χ0) is 20.1. The van der Waals surface area contributed by atoms with Gasteiger partial charge in [-0.1, -0.05) is 81.0 Å². The maximum atomic E-state index is 12.7. The first kappa shape index (κ1) is 20.6. The molecule has 0 radical (unpaired) electrons. The van der Waals surface area contributed by atoms with Crippen molar-refractivity contribution >= 4 is 21.9 Å². The van der Waals surface area contributed by atoms with Gasteiger partial charge in [-0.05, 0) is 30.7 Å². The van der Waals surface area contributed by atoms with Crippen molar-refractivity contribution < 1.29 is 13.2 Å². The van der Waals surface area contributed by atoms with Crippen molar-refractivity contribution in [2.24, 2.45) is 5.41 Å². The molecule has 4 nitrogen and oxygen atoms in total. The lowest BCUT2D eigenvalue weighted by atomic mass is 9.89. The summed E-state index contributed by atoms with van der Waals surface area (Å²) in [5.74, 6) is -0.282. The third-order valence-corrected chi connectivity index (χ3v) is 5.23. The lowest BCUT2D eigenvalue weighted by molar-refractivity contribution is -0.122. The highest BCUT2D eigenvalue weighted by Crippen LogP contribution is 2.21. The Balaban J connectivity index is 2.35. The second-order valence-corrected chi connectivity index (χ2v) is 9.03. The van der Waals surface area contributed by atoms with E-state index in [1.807, 2.05) is 43.3 Å². The summed E-state index contributed by atoms with van der Waals surface area (Å²) in [6.07, 6.45) is 4.99. The van der Waals surface area contributed by atoms with Gasteiger partial charge in [0.2, 0.25) is 0 Å². The summed E-state index contributed by atoms with van der Waals surface area (Å²) < 4.78 is 27.8. The van der Waals surface area contributed by atoms with Gasteiger partial charge in [-0.25, -0.2) is 8.42 Å². The van der Waals surface area contributed by atoms with Crippen molar-refractivity contribution in [1.29, 1.82) is 0 Å². The summed E-state index contributed by atoms with van der Waals surface area (Å²) >= 11 is 0. The van der Waals surface area contributed by atoms with Gasteiger partial charge in [-0.15, -0.1) is 0 Å². The number of rotatable bonds is 6. The average Bonchev–Trinajstić information content (AvgIpc) is 2.60. The van der Waals surface area contributed by atoms with Crippen LogP contribution in [0.15, 0.2) is 77.3 Å². The number of ketones is 1. The number of benzene rings is 2. The minimum atomic E-state index is -3.85. The number of aryl methyl sites for hydroxylation is 1. The van der Waals surface area contributed by atoms with Crippen molar-refractivity contribution in [2.75, 3.05) is 0 Å².